The molecule has 5 heterocycles. The number of nitrogens with zero attached hydrogens (tertiary/aromatic N) is 1. The lowest BCUT2D eigenvalue weighted by Gasteiger charge is -2.34. The van der Waals surface area contributed by atoms with E-state index in [0.29, 0.717) is 0 Å². The van der Waals surface area contributed by atoms with E-state index in [0.717, 1.165) is 27.5 Å². The van der Waals surface area contributed by atoms with Crippen LogP contribution in [0, 0.1) is 0 Å². The summed E-state index contributed by atoms with van der Waals surface area (Å²) in [5.41, 5.74) is 13.5. The average Bonchev–Trinajstić information content (AvgIpc) is 3.86. The molecule has 3 aromatic heterocycles. The van der Waals surface area contributed by atoms with Crippen LogP contribution in [0.1, 0.15) is 0 Å². The highest BCUT2D eigenvalue weighted by atomic mass is 32.1. The van der Waals surface area contributed by atoms with Gasteiger partial charge in [0, 0.05) is 52.4 Å². The van der Waals surface area contributed by atoms with Gasteiger partial charge in [-0.1, -0.05) is 103 Å². The van der Waals surface area contributed by atoms with Crippen LogP contribution in [-0.4, -0.2) is 6.71 Å². The lowest BCUT2D eigenvalue weighted by Crippen LogP contribution is -2.53. The van der Waals surface area contributed by atoms with E-state index < -0.39 is 0 Å². The van der Waals surface area contributed by atoms with Crippen LogP contribution < -0.4 is 20.6 Å². The summed E-state index contributed by atoms with van der Waals surface area (Å²) in [6, 6.07) is 46.6. The first-order valence-electron chi connectivity index (χ1n) is 15.3. The quantitative estimate of drug-likeness (QED) is 0.182. The van der Waals surface area contributed by atoms with E-state index in [1.165, 1.54) is 69.6 Å². The lowest BCUT2D eigenvalue weighted by atomic mass is 9.40. The second-order valence-electron chi connectivity index (χ2n) is 12.0. The summed E-state index contributed by atoms with van der Waals surface area (Å²) < 4.78 is 10.6. The van der Waals surface area contributed by atoms with Crippen LogP contribution in [0.25, 0.3) is 64.4 Å². The number of furan rings is 1. The van der Waals surface area contributed by atoms with Gasteiger partial charge in [-0.3, -0.25) is 0 Å². The Labute approximate surface area is 267 Å². The Hall–Kier alpha value is -5.10. The third kappa shape index (κ3) is 3.14. The van der Waals surface area contributed by atoms with Gasteiger partial charge in [0.15, 0.2) is 0 Å². The average molecular weight is 608 g/mol. The third-order valence-electron chi connectivity index (χ3n) is 9.75. The smallest absolute Gasteiger partial charge is 0.260 e. The molecule has 5 heteroatoms. The molecule has 2 aliphatic rings. The number of benzene rings is 6. The molecule has 2 nitrogen and oxygen atoms in total. The molecule has 0 fully saturated rings. The lowest BCUT2D eigenvalue weighted by molar-refractivity contribution is 0.670. The van der Waals surface area contributed by atoms with Gasteiger partial charge < -0.3 is 9.32 Å². The van der Waals surface area contributed by atoms with E-state index in [1.54, 1.807) is 0 Å². The highest BCUT2D eigenvalue weighted by Gasteiger charge is 2.45. The number of hydrogen-bond acceptors (Lipinski definition) is 4. The minimum Gasteiger partial charge on any atom is -0.455 e. The zero-order valence-electron chi connectivity index (χ0n) is 24.0. The minimum absolute atomic E-state index is 0.204. The van der Waals surface area contributed by atoms with Gasteiger partial charge in [0.1, 0.15) is 11.2 Å². The number of fused-ring (bicyclic) bond motifs is 11. The van der Waals surface area contributed by atoms with Crippen molar-refractivity contribution in [1.82, 2.24) is 0 Å². The second kappa shape index (κ2) is 8.75. The van der Waals surface area contributed by atoms with Crippen LogP contribution in [0.15, 0.2) is 137 Å². The predicted molar refractivity (Wildman–Crippen MR) is 195 cm³/mol. The Morgan fingerprint density at radius 2 is 1.31 bits per heavy atom. The molecule has 11 rings (SSSR count). The molecule has 0 atom stereocenters. The number of thiophene rings is 2. The van der Waals surface area contributed by atoms with Crippen LogP contribution >= 0.6 is 22.7 Å². The maximum atomic E-state index is 6.58. The molecule has 208 valence electrons. The summed E-state index contributed by atoms with van der Waals surface area (Å²) in [5.74, 6) is 0. The first kappa shape index (κ1) is 24.3. The van der Waals surface area contributed by atoms with Gasteiger partial charge in [-0.25, -0.2) is 0 Å². The molecule has 6 aromatic carbocycles. The molecule has 2 aliphatic heterocycles. The normalized spacial score (nSPS) is 13.2. The molecule has 0 aliphatic carbocycles. The SMILES string of the molecule is c1ccc2c(c1)B1c3sc4ccccc4c3N(c3csc4ccccc34)c3cc(-c4cccc5c4oc4ccccc45)cc-2c31. The van der Waals surface area contributed by atoms with E-state index >= 15 is 0 Å². The van der Waals surface area contributed by atoms with Crippen molar-refractivity contribution in [2.75, 3.05) is 4.90 Å². The van der Waals surface area contributed by atoms with E-state index in [-0.39, 0.29) is 6.71 Å². The minimum atomic E-state index is 0.204. The summed E-state index contributed by atoms with van der Waals surface area (Å²) >= 11 is 3.78. The molecule has 0 N–H and O–H groups in total. The summed E-state index contributed by atoms with van der Waals surface area (Å²) in [7, 11) is 0. The first-order chi connectivity index (χ1) is 22.3. The monoisotopic (exact) mass is 607 g/mol. The summed E-state index contributed by atoms with van der Waals surface area (Å²) in [6.45, 7) is 0.204. The number of rotatable bonds is 2. The Morgan fingerprint density at radius 3 is 2.24 bits per heavy atom. The fraction of sp³-hybridized carbons (Fsp3) is 0. The van der Waals surface area contributed by atoms with E-state index in [1.807, 2.05) is 28.7 Å². The van der Waals surface area contributed by atoms with Gasteiger partial charge >= 0.3 is 0 Å². The third-order valence-corrected chi connectivity index (χ3v) is 11.9. The second-order valence-corrected chi connectivity index (χ2v) is 14.0. The number of para-hydroxylation sites is 2. The Morgan fingerprint density at radius 1 is 0.578 bits per heavy atom. The van der Waals surface area contributed by atoms with Crippen molar-refractivity contribution in [3.05, 3.63) is 133 Å². The standard InChI is InChI=1S/C40H22BNOS2/c1-5-16-31-25(10-1)30-20-23(24-14-9-15-27-26-11-2-6-17-34(26)43-39(24)27)21-32-37(30)41(31)40-38(29-13-4-8-19-36(29)45-40)42(32)33-22-44-35-18-7-3-12-28(33)35/h1-22H. The zero-order chi connectivity index (χ0) is 29.2. The number of hydrogen-bond donors (Lipinski definition) is 0. The molecule has 0 amide bonds. The maximum Gasteiger partial charge on any atom is 0.260 e. The highest BCUT2D eigenvalue weighted by Crippen LogP contribution is 2.50. The molecule has 0 saturated carbocycles. The Balaban J connectivity index is 1.29. The molecule has 0 saturated heterocycles. The zero-order valence-corrected chi connectivity index (χ0v) is 25.6. The Kier molecular flexibility index (Phi) is 4.72. The largest absolute Gasteiger partial charge is 0.455 e. The van der Waals surface area contributed by atoms with Crippen LogP contribution in [0.3, 0.4) is 0 Å². The van der Waals surface area contributed by atoms with Crippen molar-refractivity contribution < 1.29 is 4.42 Å². The summed E-state index contributed by atoms with van der Waals surface area (Å²) in [4.78, 5) is 2.58. The van der Waals surface area contributed by atoms with Crippen molar-refractivity contribution in [3.63, 3.8) is 0 Å². The molecular formula is C40H22BNOS2. The van der Waals surface area contributed by atoms with Gasteiger partial charge in [0.2, 0.25) is 0 Å². The van der Waals surface area contributed by atoms with Gasteiger partial charge in [0.05, 0.1) is 11.4 Å². The molecule has 0 unspecified atom stereocenters. The van der Waals surface area contributed by atoms with Gasteiger partial charge in [-0.15, -0.1) is 22.7 Å². The van der Waals surface area contributed by atoms with Gasteiger partial charge in [-0.05, 0) is 52.5 Å². The Bertz CT molecular complexity index is 2700. The molecule has 45 heavy (non-hydrogen) atoms. The van der Waals surface area contributed by atoms with Crippen LogP contribution in [0.2, 0.25) is 0 Å². The topological polar surface area (TPSA) is 16.4 Å². The van der Waals surface area contributed by atoms with Crippen LogP contribution in [0.5, 0.6) is 0 Å². The summed E-state index contributed by atoms with van der Waals surface area (Å²) in [5, 5.41) is 7.26. The van der Waals surface area contributed by atoms with Gasteiger partial charge in [0.25, 0.3) is 6.71 Å². The van der Waals surface area contributed by atoms with Crippen molar-refractivity contribution in [3.8, 4) is 22.3 Å². The van der Waals surface area contributed by atoms with Crippen LogP contribution in [-0.2, 0) is 0 Å². The molecule has 0 spiro atoms. The van der Waals surface area contributed by atoms with Crippen molar-refractivity contribution in [2.24, 2.45) is 0 Å². The number of anilines is 3. The van der Waals surface area contributed by atoms with Crippen molar-refractivity contribution in [1.29, 1.82) is 0 Å². The van der Waals surface area contributed by atoms with E-state index in [2.05, 4.69) is 132 Å². The fourth-order valence-corrected chi connectivity index (χ4v) is 10.1. The molecule has 0 bridgehead atoms. The highest BCUT2D eigenvalue weighted by molar-refractivity contribution is 7.34. The van der Waals surface area contributed by atoms with E-state index in [4.69, 9.17) is 4.42 Å². The molecule has 9 aromatic rings. The maximum absolute atomic E-state index is 6.58. The van der Waals surface area contributed by atoms with Crippen molar-refractivity contribution in [2.45, 2.75) is 0 Å². The van der Waals surface area contributed by atoms with E-state index in [9.17, 15) is 0 Å². The molecule has 0 radical (unpaired) electrons. The summed E-state index contributed by atoms with van der Waals surface area (Å²) in [6.07, 6.45) is 0. The van der Waals surface area contributed by atoms with Gasteiger partial charge in [-0.2, -0.15) is 0 Å². The molecular weight excluding hydrogens is 585 g/mol. The fourth-order valence-electron chi connectivity index (χ4n) is 7.89. The first-order valence-corrected chi connectivity index (χ1v) is 17.0. The van der Waals surface area contributed by atoms with Crippen molar-refractivity contribution >= 4 is 104 Å². The predicted octanol–water partition coefficient (Wildman–Crippen LogP) is 9.96. The van der Waals surface area contributed by atoms with Crippen LogP contribution in [0.4, 0.5) is 17.1 Å².